The van der Waals surface area contributed by atoms with E-state index in [1.54, 1.807) is 4.90 Å². The molecule has 3 rings (SSSR count). The minimum atomic E-state index is -0.357. The molecule has 2 aliphatic heterocycles. The van der Waals surface area contributed by atoms with Gasteiger partial charge in [-0.2, -0.15) is 0 Å². The normalized spacial score (nSPS) is 23.6. The Morgan fingerprint density at radius 1 is 1.16 bits per heavy atom. The average molecular weight is 345 g/mol. The lowest BCUT2D eigenvalue weighted by Crippen LogP contribution is -2.52. The first-order valence-corrected chi connectivity index (χ1v) is 9.22. The van der Waals surface area contributed by atoms with E-state index < -0.39 is 0 Å². The van der Waals surface area contributed by atoms with Gasteiger partial charge in [-0.25, -0.2) is 4.79 Å². The number of urea groups is 1. The summed E-state index contributed by atoms with van der Waals surface area (Å²) in [5, 5.41) is 2.89. The van der Waals surface area contributed by atoms with Crippen molar-refractivity contribution < 1.29 is 14.3 Å². The van der Waals surface area contributed by atoms with Gasteiger partial charge >= 0.3 is 6.03 Å². The fourth-order valence-corrected chi connectivity index (χ4v) is 3.70. The third-order valence-electron chi connectivity index (χ3n) is 4.92. The van der Waals surface area contributed by atoms with Gasteiger partial charge in [-0.15, -0.1) is 0 Å². The maximum Gasteiger partial charge on any atom is 0.322 e. The molecule has 136 valence electrons. The molecule has 0 spiro atoms. The number of amides is 3. The predicted molar refractivity (Wildman–Crippen MR) is 96.4 cm³/mol. The van der Waals surface area contributed by atoms with Crippen LogP contribution in [0.3, 0.4) is 0 Å². The van der Waals surface area contributed by atoms with Crippen LogP contribution in [0.25, 0.3) is 0 Å². The molecule has 2 heterocycles. The summed E-state index contributed by atoms with van der Waals surface area (Å²) >= 11 is 0. The molecule has 0 aromatic heterocycles. The number of piperidine rings is 1. The van der Waals surface area contributed by atoms with Crippen molar-refractivity contribution in [2.45, 2.75) is 44.8 Å². The molecule has 0 radical (unpaired) electrons. The Labute approximate surface area is 149 Å². The number of nitrogens with zero attached hydrogens (tertiary/aromatic N) is 2. The quantitative estimate of drug-likeness (QED) is 0.913. The van der Waals surface area contributed by atoms with Gasteiger partial charge in [-0.05, 0) is 44.7 Å². The molecule has 6 nitrogen and oxygen atoms in total. The van der Waals surface area contributed by atoms with Gasteiger partial charge in [0.05, 0.1) is 6.10 Å². The number of carbonyl (C=O) groups is 2. The Morgan fingerprint density at radius 3 is 2.68 bits per heavy atom. The fraction of sp³-hybridized carbons (Fsp3) is 0.579. The van der Waals surface area contributed by atoms with E-state index in [9.17, 15) is 9.59 Å². The van der Waals surface area contributed by atoms with E-state index in [2.05, 4.69) is 5.32 Å². The first kappa shape index (κ1) is 17.7. The number of benzene rings is 1. The molecule has 1 aromatic rings. The Kier molecular flexibility index (Phi) is 5.91. The molecule has 0 aliphatic carbocycles. The van der Waals surface area contributed by atoms with E-state index in [-0.39, 0.29) is 24.1 Å². The maximum atomic E-state index is 13.0. The van der Waals surface area contributed by atoms with Crippen molar-refractivity contribution in [3.05, 3.63) is 30.3 Å². The van der Waals surface area contributed by atoms with Gasteiger partial charge in [-0.3, -0.25) is 4.79 Å². The smallest absolute Gasteiger partial charge is 0.322 e. The number of hydrogen-bond acceptors (Lipinski definition) is 3. The maximum absolute atomic E-state index is 13.0. The monoisotopic (exact) mass is 345 g/mol. The third kappa shape index (κ3) is 4.31. The van der Waals surface area contributed by atoms with E-state index in [1.807, 2.05) is 42.2 Å². The summed E-state index contributed by atoms with van der Waals surface area (Å²) in [6, 6.07) is 8.81. The summed E-state index contributed by atoms with van der Waals surface area (Å²) in [5.41, 5.74) is 0.750. The number of nitrogens with one attached hydrogen (secondary N) is 1. The van der Waals surface area contributed by atoms with Crippen LogP contribution in [0.4, 0.5) is 10.5 Å². The van der Waals surface area contributed by atoms with Crippen LogP contribution in [0.15, 0.2) is 30.3 Å². The average Bonchev–Trinajstić information content (AvgIpc) is 3.12. The zero-order chi connectivity index (χ0) is 17.6. The van der Waals surface area contributed by atoms with Crippen molar-refractivity contribution in [1.29, 1.82) is 0 Å². The highest BCUT2D eigenvalue weighted by molar-refractivity contribution is 5.94. The fourth-order valence-electron chi connectivity index (χ4n) is 3.70. The molecule has 6 heteroatoms. The number of hydrogen-bond donors (Lipinski definition) is 1. The number of carbonyl (C=O) groups excluding carboxylic acids is 2. The van der Waals surface area contributed by atoms with E-state index in [0.29, 0.717) is 19.7 Å². The second kappa shape index (κ2) is 8.34. The Hall–Kier alpha value is -2.08. The molecule has 2 aliphatic rings. The van der Waals surface area contributed by atoms with Gasteiger partial charge in [0.1, 0.15) is 6.04 Å². The van der Waals surface area contributed by atoms with E-state index in [1.165, 1.54) is 0 Å². The van der Waals surface area contributed by atoms with E-state index >= 15 is 0 Å². The molecule has 2 atom stereocenters. The largest absolute Gasteiger partial charge is 0.377 e. The number of para-hydroxylation sites is 1. The highest BCUT2D eigenvalue weighted by atomic mass is 16.5. The lowest BCUT2D eigenvalue weighted by Gasteiger charge is -2.36. The second-order valence-electron chi connectivity index (χ2n) is 6.65. The minimum Gasteiger partial charge on any atom is -0.377 e. The summed E-state index contributed by atoms with van der Waals surface area (Å²) in [5.74, 6) is 0.0603. The van der Waals surface area contributed by atoms with E-state index in [4.69, 9.17) is 4.74 Å². The molecule has 25 heavy (non-hydrogen) atoms. The Bertz CT molecular complexity index is 591. The van der Waals surface area contributed by atoms with Crippen LogP contribution in [0.1, 0.15) is 32.6 Å². The molecule has 0 saturated carbocycles. The van der Waals surface area contributed by atoms with E-state index in [0.717, 1.165) is 37.9 Å². The van der Waals surface area contributed by atoms with Gasteiger partial charge < -0.3 is 19.9 Å². The van der Waals surface area contributed by atoms with Gasteiger partial charge in [0.25, 0.3) is 0 Å². The Morgan fingerprint density at radius 2 is 1.92 bits per heavy atom. The van der Waals surface area contributed by atoms with Crippen LogP contribution in [0.2, 0.25) is 0 Å². The van der Waals surface area contributed by atoms with Crippen LogP contribution >= 0.6 is 0 Å². The minimum absolute atomic E-state index is 0.0603. The van der Waals surface area contributed by atoms with Crippen LogP contribution in [0.5, 0.6) is 0 Å². The molecule has 3 amide bonds. The van der Waals surface area contributed by atoms with Crippen LogP contribution < -0.4 is 5.32 Å². The highest BCUT2D eigenvalue weighted by Crippen LogP contribution is 2.23. The van der Waals surface area contributed by atoms with Gasteiger partial charge in [0.2, 0.25) is 5.91 Å². The lowest BCUT2D eigenvalue weighted by atomic mass is 10.1. The van der Waals surface area contributed by atoms with Crippen molar-refractivity contribution in [3.8, 4) is 0 Å². The molecular formula is C19H27N3O3. The predicted octanol–water partition coefficient (Wildman–Crippen LogP) is 2.71. The molecule has 0 unspecified atom stereocenters. The van der Waals surface area contributed by atoms with Gasteiger partial charge in [0, 0.05) is 31.9 Å². The first-order chi connectivity index (χ1) is 12.2. The van der Waals surface area contributed by atoms with Crippen molar-refractivity contribution in [1.82, 2.24) is 9.80 Å². The molecular weight excluding hydrogens is 318 g/mol. The van der Waals surface area contributed by atoms with Crippen LogP contribution in [-0.4, -0.2) is 60.1 Å². The SMILES string of the molecule is CCO[C@H]1CCCN(C(=O)[C@H]2CCCN2C(=O)Nc2ccccc2)C1. The number of likely N-dealkylation sites (tertiary alicyclic amines) is 2. The summed E-state index contributed by atoms with van der Waals surface area (Å²) < 4.78 is 5.69. The van der Waals surface area contributed by atoms with Gasteiger partial charge in [0.15, 0.2) is 0 Å². The Balaban J connectivity index is 1.62. The standard InChI is InChI=1S/C19H27N3O3/c1-2-25-16-10-6-12-21(14-16)18(23)17-11-7-13-22(17)19(24)20-15-8-4-3-5-9-15/h3-5,8-9,16-17H,2,6-7,10-14H2,1H3,(H,20,24)/t16-,17+/m0/s1. The zero-order valence-electron chi connectivity index (χ0n) is 14.8. The van der Waals surface area contributed by atoms with Crippen molar-refractivity contribution in [2.24, 2.45) is 0 Å². The molecule has 1 N–H and O–H groups in total. The van der Waals surface area contributed by atoms with Gasteiger partial charge in [-0.1, -0.05) is 18.2 Å². The molecule has 2 fully saturated rings. The van der Waals surface area contributed by atoms with Crippen molar-refractivity contribution in [3.63, 3.8) is 0 Å². The second-order valence-corrected chi connectivity index (χ2v) is 6.65. The van der Waals surface area contributed by atoms with Crippen LogP contribution in [0, 0.1) is 0 Å². The number of anilines is 1. The molecule has 2 saturated heterocycles. The highest BCUT2D eigenvalue weighted by Gasteiger charge is 2.38. The number of rotatable bonds is 4. The zero-order valence-corrected chi connectivity index (χ0v) is 14.8. The summed E-state index contributed by atoms with van der Waals surface area (Å²) in [6.45, 7) is 4.66. The molecule has 0 bridgehead atoms. The summed E-state index contributed by atoms with van der Waals surface area (Å²) in [7, 11) is 0. The summed E-state index contributed by atoms with van der Waals surface area (Å²) in [6.07, 6.45) is 3.67. The molecule has 1 aromatic carbocycles. The van der Waals surface area contributed by atoms with Crippen LogP contribution in [-0.2, 0) is 9.53 Å². The number of ether oxygens (including phenoxy) is 1. The summed E-state index contributed by atoms with van der Waals surface area (Å²) in [4.78, 5) is 29.1. The van der Waals surface area contributed by atoms with Crippen molar-refractivity contribution >= 4 is 17.6 Å². The third-order valence-corrected chi connectivity index (χ3v) is 4.92. The topological polar surface area (TPSA) is 61.9 Å². The van der Waals surface area contributed by atoms with Crippen molar-refractivity contribution in [2.75, 3.05) is 31.6 Å². The lowest BCUT2D eigenvalue weighted by molar-refractivity contribution is -0.139. The first-order valence-electron chi connectivity index (χ1n) is 9.22.